The molecule has 1 unspecified atom stereocenters. The number of pyridine rings is 1. The molecule has 2 atom stereocenters. The van der Waals surface area contributed by atoms with Crippen LogP contribution in [0.2, 0.25) is 0 Å². The van der Waals surface area contributed by atoms with Gasteiger partial charge in [-0.1, -0.05) is 51.3 Å². The lowest BCUT2D eigenvalue weighted by Crippen LogP contribution is -2.43. The van der Waals surface area contributed by atoms with Crippen LogP contribution in [-0.2, 0) is 16.1 Å². The highest BCUT2D eigenvalue weighted by atomic mass is 19.1. The Balaban J connectivity index is 1.32. The molecule has 1 N–H and O–H groups in total. The number of aromatic nitrogens is 1. The summed E-state index contributed by atoms with van der Waals surface area (Å²) in [6.07, 6.45) is 8.84. The van der Waals surface area contributed by atoms with Crippen LogP contribution in [0.15, 0.2) is 53.5 Å². The maximum Gasteiger partial charge on any atom is 0.259 e. The number of benzene rings is 2. The fraction of sp³-hybridized carbons (Fsp3) is 0.500. The number of likely N-dealkylation sites (tertiary alicyclic amines) is 1. The molecule has 224 valence electrons. The number of fused-ring (bicyclic) bond motifs is 1. The monoisotopic (exact) mass is 577 g/mol. The first-order chi connectivity index (χ1) is 20.2. The molecule has 1 saturated heterocycles. The molecule has 1 aromatic heterocycles. The van der Waals surface area contributed by atoms with E-state index in [2.05, 4.69) is 5.32 Å². The predicted octanol–water partition coefficient (Wildman–Crippen LogP) is 6.12. The SMILES string of the molecule is CC(C)C(=O)[C@@H](C1CCCCC1)n1ccc2ccc(C3CCCN(C(=O)CNCc4ccc(F)cc4F)C3)cc2c1=O. The Bertz CT molecular complexity index is 1500. The zero-order chi connectivity index (χ0) is 29.8. The highest BCUT2D eigenvalue weighted by Gasteiger charge is 2.33. The summed E-state index contributed by atoms with van der Waals surface area (Å²) in [5.41, 5.74) is 1.20. The predicted molar refractivity (Wildman–Crippen MR) is 160 cm³/mol. The number of carbonyl (C=O) groups is 2. The number of hydrogen-bond acceptors (Lipinski definition) is 4. The van der Waals surface area contributed by atoms with Gasteiger partial charge in [0.1, 0.15) is 11.6 Å². The van der Waals surface area contributed by atoms with E-state index in [1.165, 1.54) is 18.6 Å². The van der Waals surface area contributed by atoms with E-state index in [9.17, 15) is 23.2 Å². The van der Waals surface area contributed by atoms with E-state index in [0.717, 1.165) is 55.5 Å². The fourth-order valence-electron chi connectivity index (χ4n) is 6.69. The van der Waals surface area contributed by atoms with Crippen LogP contribution in [0.25, 0.3) is 10.8 Å². The molecule has 1 aliphatic carbocycles. The maximum absolute atomic E-state index is 13.9. The molecule has 2 aliphatic rings. The number of piperidine rings is 1. The topological polar surface area (TPSA) is 71.4 Å². The van der Waals surface area contributed by atoms with Gasteiger partial charge in [0.25, 0.3) is 5.56 Å². The number of amides is 1. The summed E-state index contributed by atoms with van der Waals surface area (Å²) in [6.45, 7) is 5.19. The Morgan fingerprint density at radius 2 is 1.76 bits per heavy atom. The second-order valence-electron chi connectivity index (χ2n) is 12.3. The molecular formula is C34H41F2N3O3. The summed E-state index contributed by atoms with van der Waals surface area (Å²) in [6, 6.07) is 10.9. The van der Waals surface area contributed by atoms with E-state index in [1.54, 1.807) is 10.8 Å². The van der Waals surface area contributed by atoms with Crippen molar-refractivity contribution in [3.63, 3.8) is 0 Å². The second kappa shape index (κ2) is 13.3. The van der Waals surface area contributed by atoms with Crippen molar-refractivity contribution in [2.75, 3.05) is 19.6 Å². The first kappa shape index (κ1) is 30.1. The molecule has 8 heteroatoms. The van der Waals surface area contributed by atoms with Crippen LogP contribution in [0.5, 0.6) is 0 Å². The summed E-state index contributed by atoms with van der Waals surface area (Å²) in [5, 5.41) is 4.44. The molecular weight excluding hydrogens is 536 g/mol. The number of nitrogens with one attached hydrogen (secondary N) is 1. The minimum absolute atomic E-state index is 0.0540. The molecule has 0 spiro atoms. The van der Waals surface area contributed by atoms with Gasteiger partial charge in [0.15, 0.2) is 5.78 Å². The molecule has 2 aromatic carbocycles. The van der Waals surface area contributed by atoms with E-state index in [-0.39, 0.29) is 48.1 Å². The van der Waals surface area contributed by atoms with Crippen LogP contribution >= 0.6 is 0 Å². The van der Waals surface area contributed by atoms with Crippen molar-refractivity contribution in [2.45, 2.75) is 77.3 Å². The van der Waals surface area contributed by atoms with E-state index < -0.39 is 17.7 Å². The van der Waals surface area contributed by atoms with Crippen LogP contribution in [0, 0.1) is 23.5 Å². The highest BCUT2D eigenvalue weighted by molar-refractivity contribution is 5.86. The largest absolute Gasteiger partial charge is 0.341 e. The number of nitrogens with zero attached hydrogens (tertiary/aromatic N) is 2. The molecule has 42 heavy (non-hydrogen) atoms. The molecule has 5 rings (SSSR count). The highest BCUT2D eigenvalue weighted by Crippen LogP contribution is 2.35. The zero-order valence-corrected chi connectivity index (χ0v) is 24.6. The van der Waals surface area contributed by atoms with Crippen molar-refractivity contribution in [3.05, 3.63) is 81.8 Å². The first-order valence-corrected chi connectivity index (χ1v) is 15.3. The number of rotatable bonds is 9. The Morgan fingerprint density at radius 3 is 2.50 bits per heavy atom. The molecule has 1 saturated carbocycles. The minimum atomic E-state index is -0.637. The molecule has 6 nitrogen and oxygen atoms in total. The van der Waals surface area contributed by atoms with Crippen molar-refractivity contribution < 1.29 is 18.4 Å². The van der Waals surface area contributed by atoms with Crippen LogP contribution in [0.4, 0.5) is 8.78 Å². The Kier molecular flexibility index (Phi) is 9.51. The van der Waals surface area contributed by atoms with Crippen LogP contribution < -0.4 is 10.9 Å². The van der Waals surface area contributed by atoms with Crippen molar-refractivity contribution in [1.82, 2.24) is 14.8 Å². The molecule has 3 aromatic rings. The van der Waals surface area contributed by atoms with Gasteiger partial charge in [-0.3, -0.25) is 14.4 Å². The third kappa shape index (κ3) is 6.64. The lowest BCUT2D eigenvalue weighted by atomic mass is 9.80. The van der Waals surface area contributed by atoms with Gasteiger partial charge in [-0.25, -0.2) is 8.78 Å². The van der Waals surface area contributed by atoms with Gasteiger partial charge in [0, 0.05) is 54.7 Å². The lowest BCUT2D eigenvalue weighted by Gasteiger charge is -2.33. The van der Waals surface area contributed by atoms with E-state index in [4.69, 9.17) is 0 Å². The molecule has 1 amide bonds. The van der Waals surface area contributed by atoms with Crippen LogP contribution in [-0.4, -0.2) is 40.8 Å². The summed E-state index contributed by atoms with van der Waals surface area (Å²) >= 11 is 0. The number of ketones is 1. The molecule has 0 radical (unpaired) electrons. The van der Waals surface area contributed by atoms with Crippen molar-refractivity contribution in [2.24, 2.45) is 11.8 Å². The maximum atomic E-state index is 13.9. The smallest absolute Gasteiger partial charge is 0.259 e. The zero-order valence-electron chi connectivity index (χ0n) is 24.6. The number of Topliss-reactive ketones (excluding diaryl/α,β-unsaturated/α-hetero) is 1. The average molecular weight is 578 g/mol. The third-order valence-electron chi connectivity index (χ3n) is 9.07. The van der Waals surface area contributed by atoms with Gasteiger partial charge in [0.2, 0.25) is 5.91 Å². The number of halogens is 2. The Labute approximate surface area is 246 Å². The van der Waals surface area contributed by atoms with Gasteiger partial charge in [0.05, 0.1) is 12.6 Å². The molecule has 2 fully saturated rings. The first-order valence-electron chi connectivity index (χ1n) is 15.3. The second-order valence-corrected chi connectivity index (χ2v) is 12.3. The van der Waals surface area contributed by atoms with Crippen molar-refractivity contribution in [1.29, 1.82) is 0 Å². The Hall–Kier alpha value is -3.39. The van der Waals surface area contributed by atoms with Gasteiger partial charge >= 0.3 is 0 Å². The number of hydrogen-bond donors (Lipinski definition) is 1. The van der Waals surface area contributed by atoms with E-state index in [1.807, 2.05) is 43.0 Å². The fourth-order valence-corrected chi connectivity index (χ4v) is 6.69. The quantitative estimate of drug-likeness (QED) is 0.333. The number of carbonyl (C=O) groups excluding carboxylic acids is 2. The summed E-state index contributed by atoms with van der Waals surface area (Å²) < 4.78 is 28.8. The summed E-state index contributed by atoms with van der Waals surface area (Å²) in [5.74, 6) is -1.11. The average Bonchev–Trinajstić information content (AvgIpc) is 3.00. The minimum Gasteiger partial charge on any atom is -0.341 e. The van der Waals surface area contributed by atoms with Crippen LogP contribution in [0.1, 0.15) is 81.9 Å². The summed E-state index contributed by atoms with van der Waals surface area (Å²) in [4.78, 5) is 42.1. The van der Waals surface area contributed by atoms with Gasteiger partial charge in [-0.15, -0.1) is 0 Å². The normalized spacial score (nSPS) is 18.9. The van der Waals surface area contributed by atoms with Gasteiger partial charge in [-0.05, 0) is 60.7 Å². The van der Waals surface area contributed by atoms with Crippen molar-refractivity contribution in [3.8, 4) is 0 Å². The molecule has 0 bridgehead atoms. The molecule has 1 aliphatic heterocycles. The lowest BCUT2D eigenvalue weighted by molar-refractivity contribution is -0.131. The third-order valence-corrected chi connectivity index (χ3v) is 9.07. The van der Waals surface area contributed by atoms with Crippen molar-refractivity contribution >= 4 is 22.5 Å². The van der Waals surface area contributed by atoms with Gasteiger partial charge in [-0.2, -0.15) is 0 Å². The molecule has 2 heterocycles. The van der Waals surface area contributed by atoms with E-state index in [0.29, 0.717) is 24.0 Å². The van der Waals surface area contributed by atoms with Gasteiger partial charge < -0.3 is 14.8 Å². The van der Waals surface area contributed by atoms with E-state index >= 15 is 0 Å². The standard InChI is InChI=1S/C34H41F2N3O3/c1-22(2)33(41)32(24-7-4-3-5-8-24)39-16-14-23-10-11-25(17-29(23)34(39)42)27-9-6-15-38(21-27)31(40)20-37-19-26-12-13-28(35)18-30(26)36/h10-14,16-18,22,24,27,32,37H,3-9,15,19-21H2,1-2H3/t27?,32-/m1/s1. The summed E-state index contributed by atoms with van der Waals surface area (Å²) in [7, 11) is 0. The van der Waals surface area contributed by atoms with Crippen LogP contribution in [0.3, 0.4) is 0 Å². The Morgan fingerprint density at radius 1 is 0.976 bits per heavy atom.